The summed E-state index contributed by atoms with van der Waals surface area (Å²) in [6, 6.07) is 0. The van der Waals surface area contributed by atoms with Crippen LogP contribution in [-0.4, -0.2) is 18.4 Å². The molecule has 0 aromatic carbocycles. The van der Waals surface area contributed by atoms with Crippen LogP contribution in [0.2, 0.25) is 0 Å². The quantitative estimate of drug-likeness (QED) is 0.533. The first-order valence-corrected chi connectivity index (χ1v) is 7.73. The molecule has 0 saturated heterocycles. The summed E-state index contributed by atoms with van der Waals surface area (Å²) < 4.78 is 11.6. The number of rotatable bonds is 6. The Morgan fingerprint density at radius 2 is 1.79 bits per heavy atom. The largest absolute Gasteiger partial charge is 0.435 e. The van der Waals surface area contributed by atoms with E-state index >= 15 is 0 Å². The number of carbonyl (C=O) groups is 1. The summed E-state index contributed by atoms with van der Waals surface area (Å²) in [6.45, 7) is 9.87. The molecule has 0 aromatic heterocycles. The maximum Gasteiger partial charge on any atom is 0.313 e. The van der Waals surface area contributed by atoms with E-state index in [0.29, 0.717) is 5.92 Å². The number of hydrogen-bond acceptors (Lipinski definition) is 3. The van der Waals surface area contributed by atoms with E-state index < -0.39 is 5.41 Å². The first-order chi connectivity index (χ1) is 8.86. The second-order valence-corrected chi connectivity index (χ2v) is 6.59. The van der Waals surface area contributed by atoms with E-state index in [1.807, 2.05) is 34.6 Å². The van der Waals surface area contributed by atoms with Crippen molar-refractivity contribution in [3.63, 3.8) is 0 Å². The molecular weight excluding hydrogens is 240 g/mol. The van der Waals surface area contributed by atoms with Crippen LogP contribution in [-0.2, 0) is 14.3 Å². The predicted molar refractivity (Wildman–Crippen MR) is 76.7 cm³/mol. The fourth-order valence-corrected chi connectivity index (χ4v) is 2.32. The highest BCUT2D eigenvalue weighted by Gasteiger charge is 2.34. The van der Waals surface area contributed by atoms with E-state index in [0.717, 1.165) is 19.3 Å². The Morgan fingerprint density at radius 1 is 1.21 bits per heavy atom. The minimum absolute atomic E-state index is 0.0875. The topological polar surface area (TPSA) is 35.5 Å². The Bertz CT molecular complexity index is 278. The summed E-state index contributed by atoms with van der Waals surface area (Å²) in [5.74, 6) is 0.235. The number of ether oxygens (including phenoxy) is 2. The molecule has 3 nitrogen and oxygen atoms in total. The first-order valence-electron chi connectivity index (χ1n) is 7.73. The fourth-order valence-electron chi connectivity index (χ4n) is 2.32. The zero-order chi connectivity index (χ0) is 14.5. The van der Waals surface area contributed by atoms with E-state index in [1.165, 1.54) is 19.3 Å². The van der Waals surface area contributed by atoms with Crippen LogP contribution in [0.1, 0.15) is 73.1 Å². The van der Waals surface area contributed by atoms with Crippen LogP contribution in [0.15, 0.2) is 0 Å². The van der Waals surface area contributed by atoms with Gasteiger partial charge in [-0.05, 0) is 47.0 Å². The Hall–Kier alpha value is -0.570. The molecule has 1 rings (SSSR count). The van der Waals surface area contributed by atoms with Crippen LogP contribution in [0.4, 0.5) is 0 Å². The van der Waals surface area contributed by atoms with Gasteiger partial charge in [0.15, 0.2) is 0 Å². The van der Waals surface area contributed by atoms with Gasteiger partial charge in [-0.15, -0.1) is 0 Å². The summed E-state index contributed by atoms with van der Waals surface area (Å²) in [7, 11) is 0. The molecule has 1 unspecified atom stereocenters. The first kappa shape index (κ1) is 16.5. The molecule has 112 valence electrons. The SMILES string of the molecule is CCC(C)(C)C(=O)OC(OC(C)C)C1CCCCC1. The lowest BCUT2D eigenvalue weighted by atomic mass is 9.88. The number of hydrogen-bond donors (Lipinski definition) is 0. The maximum absolute atomic E-state index is 12.2. The summed E-state index contributed by atoms with van der Waals surface area (Å²) in [6.07, 6.45) is 6.45. The lowest BCUT2D eigenvalue weighted by Crippen LogP contribution is -2.37. The van der Waals surface area contributed by atoms with E-state index in [-0.39, 0.29) is 18.4 Å². The van der Waals surface area contributed by atoms with Gasteiger partial charge in [0, 0.05) is 5.92 Å². The summed E-state index contributed by atoms with van der Waals surface area (Å²) in [5, 5.41) is 0. The minimum atomic E-state index is -0.423. The molecule has 1 atom stereocenters. The zero-order valence-electron chi connectivity index (χ0n) is 13.2. The predicted octanol–water partition coefficient (Wildman–Crippen LogP) is 4.30. The third-order valence-corrected chi connectivity index (χ3v) is 4.10. The second kappa shape index (κ2) is 7.28. The maximum atomic E-state index is 12.2. The molecule has 0 amide bonds. The molecule has 1 saturated carbocycles. The van der Waals surface area contributed by atoms with Gasteiger partial charge in [0.1, 0.15) is 0 Å². The molecule has 0 radical (unpaired) electrons. The summed E-state index contributed by atoms with van der Waals surface area (Å²) >= 11 is 0. The molecule has 3 heteroatoms. The number of esters is 1. The molecule has 0 aromatic rings. The van der Waals surface area contributed by atoms with Gasteiger partial charge >= 0.3 is 5.97 Å². The van der Waals surface area contributed by atoms with Gasteiger partial charge < -0.3 is 9.47 Å². The molecule has 0 heterocycles. The van der Waals surface area contributed by atoms with Gasteiger partial charge in [-0.3, -0.25) is 4.79 Å². The lowest BCUT2D eigenvalue weighted by molar-refractivity contribution is -0.212. The van der Waals surface area contributed by atoms with Crippen molar-refractivity contribution in [2.75, 3.05) is 0 Å². The van der Waals surface area contributed by atoms with Crippen LogP contribution >= 0.6 is 0 Å². The van der Waals surface area contributed by atoms with Crippen LogP contribution in [0.3, 0.4) is 0 Å². The third-order valence-electron chi connectivity index (χ3n) is 4.10. The van der Waals surface area contributed by atoms with Gasteiger partial charge in [0.25, 0.3) is 0 Å². The van der Waals surface area contributed by atoms with Crippen molar-refractivity contribution in [2.24, 2.45) is 11.3 Å². The normalized spacial score (nSPS) is 19.5. The molecular formula is C16H30O3. The Kier molecular flexibility index (Phi) is 6.31. The monoisotopic (exact) mass is 270 g/mol. The van der Waals surface area contributed by atoms with Gasteiger partial charge in [0.2, 0.25) is 6.29 Å². The Labute approximate surface area is 118 Å². The molecule has 0 aliphatic heterocycles. The molecule has 1 aliphatic carbocycles. The van der Waals surface area contributed by atoms with Crippen LogP contribution in [0.5, 0.6) is 0 Å². The lowest BCUT2D eigenvalue weighted by Gasteiger charge is -2.33. The highest BCUT2D eigenvalue weighted by atomic mass is 16.7. The average Bonchev–Trinajstić information content (AvgIpc) is 2.38. The van der Waals surface area contributed by atoms with Crippen molar-refractivity contribution in [2.45, 2.75) is 85.5 Å². The zero-order valence-corrected chi connectivity index (χ0v) is 13.2. The molecule has 0 N–H and O–H groups in total. The van der Waals surface area contributed by atoms with Crippen LogP contribution in [0.25, 0.3) is 0 Å². The molecule has 0 bridgehead atoms. The van der Waals surface area contributed by atoms with E-state index in [9.17, 15) is 4.79 Å². The molecule has 1 aliphatic rings. The second-order valence-electron chi connectivity index (χ2n) is 6.59. The minimum Gasteiger partial charge on any atom is -0.435 e. The van der Waals surface area contributed by atoms with Crippen molar-refractivity contribution < 1.29 is 14.3 Å². The standard InChI is InChI=1S/C16H30O3/c1-6-16(4,5)15(17)19-14(18-12(2)3)13-10-8-7-9-11-13/h12-14H,6-11H2,1-5H3. The average molecular weight is 270 g/mol. The molecule has 1 fully saturated rings. The highest BCUT2D eigenvalue weighted by Crippen LogP contribution is 2.31. The Balaban J connectivity index is 2.65. The Morgan fingerprint density at radius 3 is 2.26 bits per heavy atom. The van der Waals surface area contributed by atoms with E-state index in [4.69, 9.17) is 9.47 Å². The van der Waals surface area contributed by atoms with Crippen molar-refractivity contribution in [3.8, 4) is 0 Å². The van der Waals surface area contributed by atoms with Crippen molar-refractivity contribution in [1.82, 2.24) is 0 Å². The molecule has 0 spiro atoms. The molecule has 19 heavy (non-hydrogen) atoms. The third kappa shape index (κ3) is 5.13. The number of carbonyl (C=O) groups excluding carboxylic acids is 1. The van der Waals surface area contributed by atoms with Gasteiger partial charge in [-0.2, -0.15) is 0 Å². The highest BCUT2D eigenvalue weighted by molar-refractivity contribution is 5.75. The van der Waals surface area contributed by atoms with Crippen LogP contribution in [0, 0.1) is 11.3 Å². The van der Waals surface area contributed by atoms with Crippen molar-refractivity contribution in [1.29, 1.82) is 0 Å². The smallest absolute Gasteiger partial charge is 0.313 e. The fraction of sp³-hybridized carbons (Fsp3) is 0.938. The van der Waals surface area contributed by atoms with Gasteiger partial charge in [-0.1, -0.05) is 26.2 Å². The summed E-state index contributed by atoms with van der Waals surface area (Å²) in [4.78, 5) is 12.2. The summed E-state index contributed by atoms with van der Waals surface area (Å²) in [5.41, 5.74) is -0.423. The van der Waals surface area contributed by atoms with E-state index in [2.05, 4.69) is 0 Å². The van der Waals surface area contributed by atoms with Crippen molar-refractivity contribution >= 4 is 5.97 Å². The van der Waals surface area contributed by atoms with E-state index in [1.54, 1.807) is 0 Å². The van der Waals surface area contributed by atoms with Gasteiger partial charge in [0.05, 0.1) is 11.5 Å². The van der Waals surface area contributed by atoms with Crippen LogP contribution < -0.4 is 0 Å². The van der Waals surface area contributed by atoms with Crippen molar-refractivity contribution in [3.05, 3.63) is 0 Å². The van der Waals surface area contributed by atoms with Gasteiger partial charge in [-0.25, -0.2) is 0 Å².